The Morgan fingerprint density at radius 3 is 2.55 bits per heavy atom. The van der Waals surface area contributed by atoms with Gasteiger partial charge >= 0.3 is 0 Å². The Labute approximate surface area is 178 Å². The van der Waals surface area contributed by atoms with Gasteiger partial charge in [-0.05, 0) is 48.0 Å². The minimum absolute atomic E-state index is 0.521. The number of anilines is 2. The molecule has 0 aliphatic rings. The van der Waals surface area contributed by atoms with E-state index in [0.29, 0.717) is 24.1 Å². The van der Waals surface area contributed by atoms with Crippen molar-refractivity contribution in [1.82, 2.24) is 20.1 Å². The van der Waals surface area contributed by atoms with E-state index in [1.165, 1.54) is 0 Å². The summed E-state index contributed by atoms with van der Waals surface area (Å²) in [7, 11) is 0. The summed E-state index contributed by atoms with van der Waals surface area (Å²) in [5.41, 5.74) is 3.69. The Morgan fingerprint density at radius 1 is 0.935 bits per heavy atom. The van der Waals surface area contributed by atoms with E-state index in [1.54, 1.807) is 13.3 Å². The molecule has 31 heavy (non-hydrogen) atoms. The van der Waals surface area contributed by atoms with E-state index in [1.807, 2.05) is 72.8 Å². The van der Waals surface area contributed by atoms with Crippen LogP contribution in [0.1, 0.15) is 11.5 Å². The Hall–Kier alpha value is -4.26. The van der Waals surface area contributed by atoms with Gasteiger partial charge in [-0.25, -0.2) is 9.97 Å². The predicted octanol–water partition coefficient (Wildman–Crippen LogP) is 5.31. The lowest BCUT2D eigenvalue weighted by atomic mass is 10.1. The second-order valence-corrected chi connectivity index (χ2v) is 7.01. The molecular weight excluding hydrogens is 390 g/mol. The highest BCUT2D eigenvalue weighted by Crippen LogP contribution is 2.28. The van der Waals surface area contributed by atoms with Crippen LogP contribution in [0.25, 0.3) is 22.3 Å². The van der Waals surface area contributed by atoms with Gasteiger partial charge in [0.2, 0.25) is 11.7 Å². The molecule has 0 aliphatic heterocycles. The van der Waals surface area contributed by atoms with Crippen LogP contribution < -0.4 is 10.1 Å². The zero-order chi connectivity index (χ0) is 21.0. The molecular formula is C24H19N5O2. The third kappa shape index (κ3) is 4.20. The van der Waals surface area contributed by atoms with E-state index in [2.05, 4.69) is 25.4 Å². The zero-order valence-electron chi connectivity index (χ0n) is 16.8. The monoisotopic (exact) mass is 409 g/mol. The van der Waals surface area contributed by atoms with Crippen LogP contribution in [0, 0.1) is 6.92 Å². The minimum Gasteiger partial charge on any atom is -0.489 e. The van der Waals surface area contributed by atoms with Gasteiger partial charge in [0.25, 0.3) is 0 Å². The number of aromatic nitrogens is 4. The molecule has 3 aromatic carbocycles. The highest BCUT2D eigenvalue weighted by atomic mass is 16.5. The minimum atomic E-state index is 0.521. The number of hydrogen-bond acceptors (Lipinski definition) is 7. The zero-order valence-corrected chi connectivity index (χ0v) is 16.8. The van der Waals surface area contributed by atoms with Gasteiger partial charge in [-0.1, -0.05) is 35.5 Å². The Balaban J connectivity index is 1.36. The molecule has 152 valence electrons. The molecule has 0 fully saturated rings. The molecule has 0 atom stereocenters. The van der Waals surface area contributed by atoms with Gasteiger partial charge in [0.1, 0.15) is 24.5 Å². The van der Waals surface area contributed by atoms with Crippen molar-refractivity contribution in [2.45, 2.75) is 13.5 Å². The molecule has 1 N–H and O–H groups in total. The van der Waals surface area contributed by atoms with E-state index in [-0.39, 0.29) is 0 Å². The topological polar surface area (TPSA) is 86.0 Å². The smallest absolute Gasteiger partial charge is 0.223 e. The second-order valence-electron chi connectivity index (χ2n) is 7.01. The van der Waals surface area contributed by atoms with Crippen LogP contribution in [-0.4, -0.2) is 20.1 Å². The number of ether oxygens (including phenoxy) is 1. The lowest BCUT2D eigenvalue weighted by Gasteiger charge is -2.10. The van der Waals surface area contributed by atoms with Crippen molar-refractivity contribution in [2.24, 2.45) is 0 Å². The largest absolute Gasteiger partial charge is 0.489 e. The maximum Gasteiger partial charge on any atom is 0.223 e. The summed E-state index contributed by atoms with van der Waals surface area (Å²) < 4.78 is 11.0. The van der Waals surface area contributed by atoms with E-state index in [0.717, 1.165) is 33.5 Å². The summed E-state index contributed by atoms with van der Waals surface area (Å²) in [6, 6.07) is 23.7. The van der Waals surface area contributed by atoms with E-state index in [4.69, 9.17) is 9.26 Å². The van der Waals surface area contributed by atoms with Crippen molar-refractivity contribution in [2.75, 3.05) is 5.32 Å². The van der Waals surface area contributed by atoms with Gasteiger partial charge in [0.15, 0.2) is 0 Å². The first-order chi connectivity index (χ1) is 15.2. The fraction of sp³-hybridized carbons (Fsp3) is 0.0833. The van der Waals surface area contributed by atoms with Crippen LogP contribution >= 0.6 is 0 Å². The van der Waals surface area contributed by atoms with Crippen LogP contribution in [0.3, 0.4) is 0 Å². The van der Waals surface area contributed by atoms with Crippen molar-refractivity contribution in [3.8, 4) is 17.1 Å². The van der Waals surface area contributed by atoms with Crippen LogP contribution in [-0.2, 0) is 6.61 Å². The summed E-state index contributed by atoms with van der Waals surface area (Å²) in [4.78, 5) is 13.1. The normalized spacial score (nSPS) is 10.9. The molecule has 0 saturated carbocycles. The maximum absolute atomic E-state index is 5.86. The summed E-state index contributed by atoms with van der Waals surface area (Å²) in [5, 5.41) is 8.22. The Morgan fingerprint density at radius 2 is 1.77 bits per heavy atom. The van der Waals surface area contributed by atoms with E-state index >= 15 is 0 Å². The molecule has 0 bridgehead atoms. The molecule has 0 saturated heterocycles. The molecule has 0 amide bonds. The third-order valence-corrected chi connectivity index (χ3v) is 4.79. The predicted molar refractivity (Wildman–Crippen MR) is 118 cm³/mol. The molecule has 0 spiro atoms. The molecule has 0 aliphatic carbocycles. The number of rotatable bonds is 6. The summed E-state index contributed by atoms with van der Waals surface area (Å²) >= 11 is 0. The highest BCUT2D eigenvalue weighted by Gasteiger charge is 2.10. The SMILES string of the molecule is Cc1nc(-c2ccc3ncnc(Nc4ccc(OCc5ccccc5)cc4)c3c2)no1. The van der Waals surface area contributed by atoms with Gasteiger partial charge < -0.3 is 14.6 Å². The lowest BCUT2D eigenvalue weighted by molar-refractivity contribution is 0.306. The lowest BCUT2D eigenvalue weighted by Crippen LogP contribution is -1.97. The standard InChI is InChI=1S/C24H19N5O2/c1-16-27-23(29-31-16)18-7-12-22-21(13-18)24(26-15-25-22)28-19-8-10-20(11-9-19)30-14-17-5-3-2-4-6-17/h2-13,15H,14H2,1H3,(H,25,26,28). The molecule has 2 heterocycles. The fourth-order valence-corrected chi connectivity index (χ4v) is 3.22. The maximum atomic E-state index is 5.86. The molecule has 7 heteroatoms. The molecule has 7 nitrogen and oxygen atoms in total. The summed E-state index contributed by atoms with van der Waals surface area (Å²) in [5.74, 6) is 2.56. The van der Waals surface area contributed by atoms with Gasteiger partial charge in [-0.3, -0.25) is 0 Å². The van der Waals surface area contributed by atoms with Crippen molar-refractivity contribution < 1.29 is 9.26 Å². The first kappa shape index (κ1) is 18.7. The number of benzene rings is 3. The van der Waals surface area contributed by atoms with Crippen LogP contribution in [0.15, 0.2) is 83.6 Å². The number of hydrogen-bond donors (Lipinski definition) is 1. The van der Waals surface area contributed by atoms with Crippen LogP contribution in [0.2, 0.25) is 0 Å². The number of nitrogens with one attached hydrogen (secondary N) is 1. The quantitative estimate of drug-likeness (QED) is 0.407. The van der Waals surface area contributed by atoms with Gasteiger partial charge in [0.05, 0.1) is 5.52 Å². The average molecular weight is 409 g/mol. The molecule has 5 aromatic rings. The summed E-state index contributed by atoms with van der Waals surface area (Å²) in [6.07, 6.45) is 1.54. The molecule has 5 rings (SSSR count). The van der Waals surface area contributed by atoms with Gasteiger partial charge in [-0.15, -0.1) is 0 Å². The van der Waals surface area contributed by atoms with Crippen molar-refractivity contribution >= 4 is 22.4 Å². The van der Waals surface area contributed by atoms with Crippen LogP contribution in [0.4, 0.5) is 11.5 Å². The van der Waals surface area contributed by atoms with Crippen LogP contribution in [0.5, 0.6) is 5.75 Å². The summed E-state index contributed by atoms with van der Waals surface area (Å²) in [6.45, 7) is 2.30. The Bertz CT molecular complexity index is 1320. The third-order valence-electron chi connectivity index (χ3n) is 4.79. The highest BCUT2D eigenvalue weighted by molar-refractivity contribution is 5.93. The number of fused-ring (bicyclic) bond motifs is 1. The van der Waals surface area contributed by atoms with E-state index < -0.39 is 0 Å². The average Bonchev–Trinajstić information content (AvgIpc) is 3.25. The van der Waals surface area contributed by atoms with Crippen molar-refractivity contribution in [3.63, 3.8) is 0 Å². The fourth-order valence-electron chi connectivity index (χ4n) is 3.22. The molecule has 2 aromatic heterocycles. The second kappa shape index (κ2) is 8.23. The van der Waals surface area contributed by atoms with Crippen molar-refractivity contribution in [3.05, 3.63) is 90.6 Å². The van der Waals surface area contributed by atoms with Gasteiger partial charge in [-0.2, -0.15) is 4.98 Å². The number of nitrogens with zero attached hydrogens (tertiary/aromatic N) is 4. The molecule has 0 radical (unpaired) electrons. The van der Waals surface area contributed by atoms with Crippen molar-refractivity contribution in [1.29, 1.82) is 0 Å². The number of aryl methyl sites for hydroxylation is 1. The first-order valence-electron chi connectivity index (χ1n) is 9.84. The van der Waals surface area contributed by atoms with E-state index in [9.17, 15) is 0 Å². The van der Waals surface area contributed by atoms with Gasteiger partial charge in [0, 0.05) is 23.6 Å². The first-order valence-corrected chi connectivity index (χ1v) is 9.84. The Kier molecular flexibility index (Phi) is 4.98. The molecule has 0 unspecified atom stereocenters.